The van der Waals surface area contributed by atoms with Crippen molar-refractivity contribution < 1.29 is 13.2 Å². The molecule has 1 aliphatic heterocycles. The highest BCUT2D eigenvalue weighted by Crippen LogP contribution is 2.36. The van der Waals surface area contributed by atoms with Gasteiger partial charge in [-0.1, -0.05) is 54.9 Å². The van der Waals surface area contributed by atoms with Gasteiger partial charge in [-0.2, -0.15) is 0 Å². The second-order valence-electron chi connectivity index (χ2n) is 10.6. The summed E-state index contributed by atoms with van der Waals surface area (Å²) in [6, 6.07) is 22.7. The molecule has 0 aliphatic carbocycles. The highest BCUT2D eigenvalue weighted by molar-refractivity contribution is 7.90. The van der Waals surface area contributed by atoms with Gasteiger partial charge in [-0.15, -0.1) is 0 Å². The molecular formula is C32H31ClN6O3S. The molecule has 1 aliphatic rings. The number of hydrogen-bond donors (Lipinski definition) is 2. The molecule has 0 saturated carbocycles. The Hall–Kier alpha value is -4.41. The second-order valence-corrected chi connectivity index (χ2v) is 12.8. The van der Waals surface area contributed by atoms with Crippen LogP contribution in [0, 0.1) is 0 Å². The third kappa shape index (κ3) is 5.55. The first-order chi connectivity index (χ1) is 20.8. The third-order valence-corrected chi connectivity index (χ3v) is 9.88. The lowest BCUT2D eigenvalue weighted by Crippen LogP contribution is -2.49. The van der Waals surface area contributed by atoms with Crippen LogP contribution in [0.5, 0.6) is 0 Å². The van der Waals surface area contributed by atoms with E-state index in [2.05, 4.69) is 17.2 Å². The number of carbonyl (C=O) groups is 1. The molecule has 0 unspecified atom stereocenters. The van der Waals surface area contributed by atoms with E-state index in [1.54, 1.807) is 72.9 Å². The smallest absolute Gasteiger partial charge is 0.268 e. The third-order valence-electron chi connectivity index (χ3n) is 7.92. The summed E-state index contributed by atoms with van der Waals surface area (Å²) >= 11 is 6.62. The lowest BCUT2D eigenvalue weighted by Gasteiger charge is -2.39. The number of benzene rings is 3. The fourth-order valence-corrected chi connectivity index (χ4v) is 7.26. The zero-order valence-electron chi connectivity index (χ0n) is 23.5. The van der Waals surface area contributed by atoms with Crippen molar-refractivity contribution in [2.45, 2.75) is 43.2 Å². The predicted octanol–water partition coefficient (Wildman–Crippen LogP) is 6.07. The fourth-order valence-electron chi connectivity index (χ4n) is 5.68. The Kier molecular flexibility index (Phi) is 7.81. The minimum atomic E-state index is -3.87. The SMILES string of the molecule is CC[C@H]1C[C@@H](Nc2ncc(Cl)c(-c3cn(S(=O)(=O)c4ccccc4)c4ccccc34)n2)CCN1C(=O)c1ccc(N)cc1. The maximum Gasteiger partial charge on any atom is 0.268 e. The van der Waals surface area contributed by atoms with Gasteiger partial charge in [0.1, 0.15) is 0 Å². The maximum absolute atomic E-state index is 13.6. The van der Waals surface area contributed by atoms with Gasteiger partial charge in [-0.25, -0.2) is 22.4 Å². The Morgan fingerprint density at radius 2 is 1.77 bits per heavy atom. The summed E-state index contributed by atoms with van der Waals surface area (Å²) in [4.78, 5) is 24.5. The van der Waals surface area contributed by atoms with Crippen LogP contribution in [0.2, 0.25) is 5.02 Å². The zero-order chi connectivity index (χ0) is 30.1. The number of aromatic nitrogens is 3. The normalized spacial score (nSPS) is 17.2. The zero-order valence-corrected chi connectivity index (χ0v) is 25.1. The van der Waals surface area contributed by atoms with Gasteiger partial charge in [-0.05, 0) is 61.7 Å². The molecule has 0 bridgehead atoms. The van der Waals surface area contributed by atoms with Gasteiger partial charge in [0.25, 0.3) is 15.9 Å². The van der Waals surface area contributed by atoms with Crippen molar-refractivity contribution in [1.82, 2.24) is 18.8 Å². The number of piperidine rings is 1. The largest absolute Gasteiger partial charge is 0.399 e. The van der Waals surface area contributed by atoms with Crippen LogP contribution >= 0.6 is 11.6 Å². The summed E-state index contributed by atoms with van der Waals surface area (Å²) in [5.41, 5.74) is 8.58. The molecule has 2 atom stereocenters. The number of likely N-dealkylation sites (tertiary alicyclic amines) is 1. The summed E-state index contributed by atoms with van der Waals surface area (Å²) in [5.74, 6) is 0.387. The number of rotatable bonds is 7. The molecule has 6 rings (SSSR count). The minimum Gasteiger partial charge on any atom is -0.399 e. The quantitative estimate of drug-likeness (QED) is 0.213. The summed E-state index contributed by atoms with van der Waals surface area (Å²) < 4.78 is 28.5. The van der Waals surface area contributed by atoms with Crippen molar-refractivity contribution >= 4 is 50.1 Å². The topological polar surface area (TPSA) is 123 Å². The molecule has 1 fully saturated rings. The van der Waals surface area contributed by atoms with Crippen molar-refractivity contribution in [3.63, 3.8) is 0 Å². The molecule has 43 heavy (non-hydrogen) atoms. The molecule has 9 nitrogen and oxygen atoms in total. The molecule has 1 amide bonds. The molecule has 2 aromatic heterocycles. The van der Waals surface area contributed by atoms with Gasteiger partial charge >= 0.3 is 0 Å². The lowest BCUT2D eigenvalue weighted by atomic mass is 9.94. The number of anilines is 2. The van der Waals surface area contributed by atoms with E-state index >= 15 is 0 Å². The number of amides is 1. The minimum absolute atomic E-state index is 0.00262. The first-order valence-corrected chi connectivity index (χ1v) is 15.9. The van der Waals surface area contributed by atoms with Crippen LogP contribution in [0.3, 0.4) is 0 Å². The van der Waals surface area contributed by atoms with Crippen molar-refractivity contribution in [3.05, 3.63) is 102 Å². The van der Waals surface area contributed by atoms with Crippen LogP contribution in [-0.2, 0) is 10.0 Å². The standard InChI is InChI=1S/C32H31ClN6O3S/c1-2-24-18-23(16-17-38(24)31(40)21-12-14-22(34)15-13-21)36-32-35-19-28(33)30(37-32)27-20-39(29-11-7-6-10-26(27)29)43(41,42)25-8-4-3-5-9-25/h3-15,19-20,23-24H,2,16-18,34H2,1H3,(H,35,36,37)/t23-,24-/m0/s1. The van der Waals surface area contributed by atoms with Crippen molar-refractivity contribution in [2.24, 2.45) is 0 Å². The van der Waals surface area contributed by atoms with Crippen molar-refractivity contribution in [2.75, 3.05) is 17.6 Å². The van der Waals surface area contributed by atoms with Crippen LogP contribution in [0.15, 0.2) is 96.2 Å². The van der Waals surface area contributed by atoms with Crippen molar-refractivity contribution in [1.29, 1.82) is 0 Å². The number of nitrogen functional groups attached to an aromatic ring is 1. The number of nitrogens with two attached hydrogens (primary N) is 1. The second kappa shape index (κ2) is 11.7. The van der Waals surface area contributed by atoms with Gasteiger partial charge in [0, 0.05) is 47.0 Å². The van der Waals surface area contributed by atoms with Crippen molar-refractivity contribution in [3.8, 4) is 11.3 Å². The summed E-state index contributed by atoms with van der Waals surface area (Å²) in [6.07, 6.45) is 5.35. The van der Waals surface area contributed by atoms with Gasteiger partial charge < -0.3 is 16.0 Å². The Balaban J connectivity index is 1.27. The van der Waals surface area contributed by atoms with E-state index in [-0.39, 0.29) is 22.9 Å². The monoisotopic (exact) mass is 614 g/mol. The number of nitrogens with one attached hydrogen (secondary N) is 1. The molecule has 220 valence electrons. The summed E-state index contributed by atoms with van der Waals surface area (Å²) in [5, 5.41) is 4.45. The number of halogens is 1. The number of carbonyl (C=O) groups excluding carboxylic acids is 1. The van der Waals surface area contributed by atoms with Gasteiger partial charge in [0.05, 0.1) is 27.3 Å². The van der Waals surface area contributed by atoms with E-state index in [0.717, 1.165) is 12.8 Å². The molecule has 3 N–H and O–H groups in total. The maximum atomic E-state index is 13.6. The summed E-state index contributed by atoms with van der Waals surface area (Å²) in [7, 11) is -3.87. The van der Waals surface area contributed by atoms with E-state index < -0.39 is 10.0 Å². The lowest BCUT2D eigenvalue weighted by molar-refractivity contribution is 0.0596. The Labute approximate surface area is 255 Å². The van der Waals surface area contributed by atoms with E-state index in [9.17, 15) is 13.2 Å². The Morgan fingerprint density at radius 3 is 2.51 bits per heavy atom. The van der Waals surface area contributed by atoms with Gasteiger partial charge in [0.2, 0.25) is 5.95 Å². The first-order valence-electron chi connectivity index (χ1n) is 14.1. The van der Waals surface area contributed by atoms with Crippen LogP contribution in [0.4, 0.5) is 11.6 Å². The summed E-state index contributed by atoms with van der Waals surface area (Å²) in [6.45, 7) is 2.66. The number of fused-ring (bicyclic) bond motifs is 1. The van der Waals surface area contributed by atoms with Crippen LogP contribution in [-0.4, -0.2) is 51.8 Å². The molecular weight excluding hydrogens is 584 g/mol. The molecule has 3 aromatic carbocycles. The van der Waals surface area contributed by atoms with E-state index in [1.165, 1.54) is 10.2 Å². The molecule has 0 spiro atoms. The van der Waals surface area contributed by atoms with Crippen LogP contribution in [0.1, 0.15) is 36.5 Å². The first kappa shape index (κ1) is 28.7. The molecule has 0 radical (unpaired) electrons. The fraction of sp³-hybridized carbons (Fsp3) is 0.219. The molecule has 5 aromatic rings. The van der Waals surface area contributed by atoms with Crippen LogP contribution in [0.25, 0.3) is 22.2 Å². The highest BCUT2D eigenvalue weighted by Gasteiger charge is 2.32. The average molecular weight is 615 g/mol. The van der Waals surface area contributed by atoms with E-state index in [1.807, 2.05) is 17.0 Å². The number of para-hydroxylation sites is 1. The molecule has 3 heterocycles. The number of nitrogens with zero attached hydrogens (tertiary/aromatic N) is 4. The van der Waals surface area contributed by atoms with E-state index in [0.29, 0.717) is 57.3 Å². The van der Waals surface area contributed by atoms with Crippen LogP contribution < -0.4 is 11.1 Å². The number of hydrogen-bond acceptors (Lipinski definition) is 7. The van der Waals surface area contributed by atoms with E-state index in [4.69, 9.17) is 22.3 Å². The highest BCUT2D eigenvalue weighted by atomic mass is 35.5. The van der Waals surface area contributed by atoms with Gasteiger partial charge in [0.15, 0.2) is 0 Å². The van der Waals surface area contributed by atoms with Gasteiger partial charge in [-0.3, -0.25) is 4.79 Å². The predicted molar refractivity (Wildman–Crippen MR) is 170 cm³/mol. The molecule has 1 saturated heterocycles. The molecule has 11 heteroatoms. The average Bonchev–Trinajstić information content (AvgIpc) is 3.43. The Bertz CT molecular complexity index is 1890. The Morgan fingerprint density at radius 1 is 1.05 bits per heavy atom.